The van der Waals surface area contributed by atoms with Crippen molar-refractivity contribution in [2.45, 2.75) is 26.7 Å². The van der Waals surface area contributed by atoms with Gasteiger partial charge in [0.25, 0.3) is 0 Å². The van der Waals surface area contributed by atoms with Crippen LogP contribution in [0.25, 0.3) is 0 Å². The first-order valence-corrected chi connectivity index (χ1v) is 9.71. The van der Waals surface area contributed by atoms with E-state index in [0.29, 0.717) is 17.9 Å². The van der Waals surface area contributed by atoms with Gasteiger partial charge in [-0.1, -0.05) is 24.6 Å². The van der Waals surface area contributed by atoms with Gasteiger partial charge in [0, 0.05) is 12.0 Å². The van der Waals surface area contributed by atoms with Crippen LogP contribution in [0, 0.1) is 12.3 Å². The van der Waals surface area contributed by atoms with Gasteiger partial charge in [-0.2, -0.15) is 0 Å². The summed E-state index contributed by atoms with van der Waals surface area (Å²) in [5.41, 5.74) is 1.82. The lowest BCUT2D eigenvalue weighted by atomic mass is 9.90. The molecule has 5 nitrogen and oxygen atoms in total. The molecule has 0 saturated carbocycles. The SMILES string of the molecule is Cc1ccc(OC(=O)c2ccc(OCCCCOCC3(C)COC3)cc2)cc1. The third-order valence-electron chi connectivity index (χ3n) is 4.62. The molecule has 1 fully saturated rings. The molecule has 0 N–H and O–H groups in total. The molecule has 28 heavy (non-hydrogen) atoms. The first-order valence-electron chi connectivity index (χ1n) is 9.71. The summed E-state index contributed by atoms with van der Waals surface area (Å²) >= 11 is 0. The summed E-state index contributed by atoms with van der Waals surface area (Å²) in [7, 11) is 0. The van der Waals surface area contributed by atoms with Gasteiger partial charge in [-0.15, -0.1) is 0 Å². The Labute approximate surface area is 166 Å². The van der Waals surface area contributed by atoms with E-state index in [-0.39, 0.29) is 11.4 Å². The number of esters is 1. The lowest BCUT2D eigenvalue weighted by molar-refractivity contribution is -0.138. The average molecular weight is 384 g/mol. The number of carbonyl (C=O) groups excluding carboxylic acids is 1. The highest BCUT2D eigenvalue weighted by Gasteiger charge is 2.33. The highest BCUT2D eigenvalue weighted by Crippen LogP contribution is 2.26. The number of rotatable bonds is 10. The van der Waals surface area contributed by atoms with E-state index in [0.717, 1.165) is 50.6 Å². The molecule has 5 heteroatoms. The van der Waals surface area contributed by atoms with Crippen molar-refractivity contribution in [2.75, 3.05) is 33.0 Å². The van der Waals surface area contributed by atoms with Gasteiger partial charge >= 0.3 is 5.97 Å². The van der Waals surface area contributed by atoms with Crippen LogP contribution in [0.1, 0.15) is 35.7 Å². The zero-order valence-corrected chi connectivity index (χ0v) is 16.6. The van der Waals surface area contributed by atoms with E-state index in [1.54, 1.807) is 36.4 Å². The molecule has 0 bridgehead atoms. The molecule has 2 aromatic rings. The monoisotopic (exact) mass is 384 g/mol. The van der Waals surface area contributed by atoms with Crippen LogP contribution in [0.5, 0.6) is 11.5 Å². The van der Waals surface area contributed by atoms with Crippen LogP contribution in [0.15, 0.2) is 48.5 Å². The van der Waals surface area contributed by atoms with E-state index < -0.39 is 0 Å². The normalized spacial score (nSPS) is 14.9. The van der Waals surface area contributed by atoms with Crippen LogP contribution in [0.3, 0.4) is 0 Å². The largest absolute Gasteiger partial charge is 0.494 e. The Morgan fingerprint density at radius 1 is 0.964 bits per heavy atom. The molecule has 0 aromatic heterocycles. The molecule has 0 aliphatic carbocycles. The van der Waals surface area contributed by atoms with Crippen LogP contribution < -0.4 is 9.47 Å². The molecule has 1 heterocycles. The Kier molecular flexibility index (Phi) is 7.06. The summed E-state index contributed by atoms with van der Waals surface area (Å²) in [6.45, 7) is 7.88. The number of unbranched alkanes of at least 4 members (excludes halogenated alkanes) is 1. The number of benzene rings is 2. The average Bonchev–Trinajstić information content (AvgIpc) is 2.68. The number of hydrogen-bond acceptors (Lipinski definition) is 5. The zero-order chi connectivity index (χ0) is 19.8. The van der Waals surface area contributed by atoms with Gasteiger partial charge in [0.05, 0.1) is 32.0 Å². The second kappa shape index (κ2) is 9.71. The van der Waals surface area contributed by atoms with Crippen molar-refractivity contribution in [3.63, 3.8) is 0 Å². The summed E-state index contributed by atoms with van der Waals surface area (Å²) in [5, 5.41) is 0. The van der Waals surface area contributed by atoms with Gasteiger partial charge in [-0.25, -0.2) is 4.79 Å². The van der Waals surface area contributed by atoms with Crippen molar-refractivity contribution in [2.24, 2.45) is 5.41 Å². The Morgan fingerprint density at radius 2 is 1.61 bits per heavy atom. The van der Waals surface area contributed by atoms with Gasteiger partial charge < -0.3 is 18.9 Å². The summed E-state index contributed by atoms with van der Waals surface area (Å²) < 4.78 is 22.0. The third kappa shape index (κ3) is 6.08. The molecule has 0 spiro atoms. The van der Waals surface area contributed by atoms with E-state index in [2.05, 4.69) is 6.92 Å². The predicted octanol–water partition coefficient (Wildman–Crippen LogP) is 4.43. The van der Waals surface area contributed by atoms with Crippen molar-refractivity contribution in [3.8, 4) is 11.5 Å². The minimum atomic E-state index is -0.377. The van der Waals surface area contributed by atoms with Crippen LogP contribution in [-0.2, 0) is 9.47 Å². The summed E-state index contributed by atoms with van der Waals surface area (Å²) in [4.78, 5) is 12.2. The molecule has 0 radical (unpaired) electrons. The van der Waals surface area contributed by atoms with Crippen molar-refractivity contribution in [3.05, 3.63) is 59.7 Å². The Bertz CT molecular complexity index is 748. The Morgan fingerprint density at radius 3 is 2.25 bits per heavy atom. The number of ether oxygens (including phenoxy) is 4. The first kappa shape index (κ1) is 20.4. The molecule has 2 aromatic carbocycles. The highest BCUT2D eigenvalue weighted by atomic mass is 16.5. The van der Waals surface area contributed by atoms with Gasteiger partial charge in [0.15, 0.2) is 0 Å². The van der Waals surface area contributed by atoms with Crippen molar-refractivity contribution in [1.29, 1.82) is 0 Å². The summed E-state index contributed by atoms with van der Waals surface area (Å²) in [6.07, 6.45) is 1.88. The summed E-state index contributed by atoms with van der Waals surface area (Å²) in [5.74, 6) is 0.905. The molecule has 0 atom stereocenters. The molecule has 0 amide bonds. The number of hydrogen-bond donors (Lipinski definition) is 0. The van der Waals surface area contributed by atoms with E-state index in [1.807, 2.05) is 19.1 Å². The van der Waals surface area contributed by atoms with Gasteiger partial charge in [-0.05, 0) is 56.2 Å². The van der Waals surface area contributed by atoms with Crippen LogP contribution in [0.2, 0.25) is 0 Å². The topological polar surface area (TPSA) is 54.0 Å². The fourth-order valence-corrected chi connectivity index (χ4v) is 2.81. The fourth-order valence-electron chi connectivity index (χ4n) is 2.81. The van der Waals surface area contributed by atoms with Gasteiger partial charge in [0.1, 0.15) is 11.5 Å². The Hall–Kier alpha value is -2.37. The maximum absolute atomic E-state index is 12.2. The molecular weight excluding hydrogens is 356 g/mol. The molecule has 150 valence electrons. The maximum atomic E-state index is 12.2. The molecule has 1 saturated heterocycles. The lowest BCUT2D eigenvalue weighted by Gasteiger charge is -2.37. The van der Waals surface area contributed by atoms with Gasteiger partial charge in [0.2, 0.25) is 0 Å². The highest BCUT2D eigenvalue weighted by molar-refractivity contribution is 5.91. The fraction of sp³-hybridized carbons (Fsp3) is 0.435. The standard InChI is InChI=1S/C23H28O5/c1-18-5-9-21(10-6-18)28-22(24)19-7-11-20(12-8-19)27-14-4-3-13-25-15-23(2)16-26-17-23/h5-12H,3-4,13-17H2,1-2H3. The Balaban J connectivity index is 1.32. The first-order chi connectivity index (χ1) is 13.5. The van der Waals surface area contributed by atoms with Crippen molar-refractivity contribution < 1.29 is 23.7 Å². The molecule has 3 rings (SSSR count). The molecular formula is C23H28O5. The van der Waals surface area contributed by atoms with Crippen LogP contribution in [0.4, 0.5) is 0 Å². The molecule has 1 aliphatic rings. The summed E-state index contributed by atoms with van der Waals surface area (Å²) in [6, 6.07) is 14.4. The maximum Gasteiger partial charge on any atom is 0.343 e. The zero-order valence-electron chi connectivity index (χ0n) is 16.6. The van der Waals surface area contributed by atoms with E-state index >= 15 is 0 Å². The second-order valence-corrected chi connectivity index (χ2v) is 7.64. The quantitative estimate of drug-likeness (QED) is 0.345. The number of aryl methyl sites for hydroxylation is 1. The van der Waals surface area contributed by atoms with E-state index in [4.69, 9.17) is 18.9 Å². The second-order valence-electron chi connectivity index (χ2n) is 7.64. The third-order valence-corrected chi connectivity index (χ3v) is 4.62. The smallest absolute Gasteiger partial charge is 0.343 e. The number of carbonyl (C=O) groups is 1. The predicted molar refractivity (Wildman–Crippen MR) is 107 cm³/mol. The van der Waals surface area contributed by atoms with E-state index in [9.17, 15) is 4.79 Å². The molecule has 1 aliphatic heterocycles. The molecule has 0 unspecified atom stereocenters. The lowest BCUT2D eigenvalue weighted by Crippen LogP contribution is -2.43. The van der Waals surface area contributed by atoms with Gasteiger partial charge in [-0.3, -0.25) is 0 Å². The van der Waals surface area contributed by atoms with Crippen molar-refractivity contribution in [1.82, 2.24) is 0 Å². The minimum absolute atomic E-state index is 0.207. The minimum Gasteiger partial charge on any atom is -0.494 e. The van der Waals surface area contributed by atoms with Crippen molar-refractivity contribution >= 4 is 5.97 Å². The van der Waals surface area contributed by atoms with Crippen LogP contribution in [-0.4, -0.2) is 39.0 Å². The van der Waals surface area contributed by atoms with Crippen LogP contribution >= 0.6 is 0 Å². The van der Waals surface area contributed by atoms with E-state index in [1.165, 1.54) is 0 Å².